The standard InChI is InChI=1S/C8H17N.2C7H15N.C6H13N.C5H11N.5C2H6.CH4/c1-8-4-3-6-9(2)7-5-8;1-7-3-5-8(2)6-4-7;1-7-4-3-5-8(2)6-7;1-6-3-4-7(2)5-6;1-5-3-6(2)4-5;5*1-2;/h8H,3-7H2,1-2H3;2*7H,3-6H2,1-2H3;6H,3-5H2,1-2H3;5H,3-4H2,1-2H3;5*1-2H3;1H4. The Bertz CT molecular complexity index is 503. The van der Waals surface area contributed by atoms with Crippen LogP contribution in [0.4, 0.5) is 0 Å². The fourth-order valence-corrected chi connectivity index (χ4v) is 6.13. The maximum absolute atomic E-state index is 2.43. The molecule has 0 aromatic rings. The largest absolute Gasteiger partial charge is 0.306 e. The van der Waals surface area contributed by atoms with E-state index in [9.17, 15) is 0 Å². The van der Waals surface area contributed by atoms with Crippen LogP contribution >= 0.6 is 0 Å². The van der Waals surface area contributed by atoms with E-state index in [1.807, 2.05) is 69.2 Å². The van der Waals surface area contributed by atoms with Gasteiger partial charge in [-0.05, 0) is 155 Å². The second-order valence-electron chi connectivity index (χ2n) is 14.3. The third-order valence-electron chi connectivity index (χ3n) is 8.98. The van der Waals surface area contributed by atoms with Crippen LogP contribution in [0, 0.1) is 29.6 Å². The first kappa shape index (κ1) is 60.9. The second kappa shape index (κ2) is 45.8. The molecule has 0 spiro atoms. The first-order valence-electron chi connectivity index (χ1n) is 21.4. The lowest BCUT2D eigenvalue weighted by atomic mass is 10.00. The van der Waals surface area contributed by atoms with Crippen LogP contribution in [0.25, 0.3) is 0 Å². The van der Waals surface area contributed by atoms with E-state index in [1.54, 1.807) is 0 Å². The summed E-state index contributed by atoms with van der Waals surface area (Å²) in [6.07, 6.45) is 11.3. The van der Waals surface area contributed by atoms with Gasteiger partial charge in [-0.15, -0.1) is 0 Å². The van der Waals surface area contributed by atoms with E-state index in [4.69, 9.17) is 0 Å². The molecule has 0 amide bonds. The fourth-order valence-electron chi connectivity index (χ4n) is 6.13. The summed E-state index contributed by atoms with van der Waals surface area (Å²) in [7, 11) is 11.0. The monoisotopic (exact) mass is 704 g/mol. The summed E-state index contributed by atoms with van der Waals surface area (Å²) >= 11 is 0. The summed E-state index contributed by atoms with van der Waals surface area (Å²) < 4.78 is 0. The van der Waals surface area contributed by atoms with Crippen LogP contribution in [-0.4, -0.2) is 125 Å². The highest BCUT2D eigenvalue weighted by Crippen LogP contribution is 2.15. The van der Waals surface area contributed by atoms with Crippen molar-refractivity contribution in [2.75, 3.05) is 101 Å². The molecule has 0 bridgehead atoms. The van der Waals surface area contributed by atoms with E-state index in [2.05, 4.69) is 94.4 Å². The Kier molecular flexibility index (Phi) is 56.9. The minimum atomic E-state index is 0. The first-order chi connectivity index (χ1) is 22.9. The molecule has 0 radical (unpaired) electrons. The Labute approximate surface area is 316 Å². The van der Waals surface area contributed by atoms with Gasteiger partial charge in [-0.2, -0.15) is 0 Å². The molecule has 5 fully saturated rings. The molecule has 5 nitrogen and oxygen atoms in total. The predicted octanol–water partition coefficient (Wildman–Crippen LogP) is 11.7. The molecule has 5 heterocycles. The van der Waals surface area contributed by atoms with Gasteiger partial charge in [-0.1, -0.05) is 111 Å². The topological polar surface area (TPSA) is 16.2 Å². The fraction of sp³-hybridized carbons (Fsp3) is 1.00. The van der Waals surface area contributed by atoms with Crippen LogP contribution < -0.4 is 0 Å². The van der Waals surface area contributed by atoms with Crippen molar-refractivity contribution >= 4 is 0 Å². The molecule has 0 aromatic carbocycles. The molecule has 5 heteroatoms. The Hall–Kier alpha value is -0.200. The molecule has 3 atom stereocenters. The molecule has 0 aliphatic carbocycles. The number of nitrogens with zero attached hydrogens (tertiary/aromatic N) is 5. The minimum Gasteiger partial charge on any atom is -0.306 e. The van der Waals surface area contributed by atoms with Crippen molar-refractivity contribution in [1.82, 2.24) is 24.5 Å². The molecule has 306 valence electrons. The average Bonchev–Trinajstić information content (AvgIpc) is 3.37. The Balaban J connectivity index is -0.000000110. The molecule has 3 unspecified atom stereocenters. The molecule has 0 N–H and O–H groups in total. The average molecular weight is 704 g/mol. The van der Waals surface area contributed by atoms with Crippen LogP contribution in [0.2, 0.25) is 0 Å². The highest BCUT2D eigenvalue weighted by atomic mass is 15.2. The van der Waals surface area contributed by atoms with Crippen LogP contribution in [-0.2, 0) is 0 Å². The minimum absolute atomic E-state index is 0. The lowest BCUT2D eigenvalue weighted by Crippen LogP contribution is -2.41. The van der Waals surface area contributed by atoms with E-state index in [0.29, 0.717) is 0 Å². The maximum Gasteiger partial charge on any atom is 0.00163 e. The number of rotatable bonds is 0. The molecule has 0 aromatic heterocycles. The lowest BCUT2D eigenvalue weighted by molar-refractivity contribution is 0.149. The van der Waals surface area contributed by atoms with Gasteiger partial charge in [0.25, 0.3) is 0 Å². The summed E-state index contributed by atoms with van der Waals surface area (Å²) in [5.74, 6) is 4.80. The van der Waals surface area contributed by atoms with Crippen LogP contribution in [0.15, 0.2) is 0 Å². The van der Waals surface area contributed by atoms with Gasteiger partial charge in [0.2, 0.25) is 0 Å². The smallest absolute Gasteiger partial charge is 0.00163 e. The second-order valence-corrected chi connectivity index (χ2v) is 14.3. The Morgan fingerprint density at radius 3 is 0.796 bits per heavy atom. The van der Waals surface area contributed by atoms with Crippen molar-refractivity contribution in [2.45, 2.75) is 163 Å². The van der Waals surface area contributed by atoms with Gasteiger partial charge in [-0.3, -0.25) is 0 Å². The van der Waals surface area contributed by atoms with Crippen molar-refractivity contribution < 1.29 is 0 Å². The molecule has 5 saturated heterocycles. The lowest BCUT2D eigenvalue weighted by Gasteiger charge is -2.33. The summed E-state index contributed by atoms with van der Waals surface area (Å²) in [5.41, 5.74) is 0. The SMILES string of the molecule is C.CC.CC.CC.CC.CC.CC1CCCN(C)C1.CC1CCCN(C)CC1.CC1CCN(C)C1.CC1CCN(C)CC1.CC1CN(C)C1. The summed E-state index contributed by atoms with van der Waals surface area (Å²) in [4.78, 5) is 12.0. The quantitative estimate of drug-likeness (QED) is 0.249. The van der Waals surface area contributed by atoms with E-state index in [1.165, 1.54) is 117 Å². The Morgan fingerprint density at radius 2 is 0.531 bits per heavy atom. The number of likely N-dealkylation sites (tertiary alicyclic amines) is 5. The molecule has 5 rings (SSSR count). The molecular weight excluding hydrogens is 599 g/mol. The molecular formula is C44H105N5. The summed E-state index contributed by atoms with van der Waals surface area (Å²) in [5, 5.41) is 0. The van der Waals surface area contributed by atoms with Gasteiger partial charge in [-0.25, -0.2) is 0 Å². The van der Waals surface area contributed by atoms with Gasteiger partial charge < -0.3 is 24.5 Å². The third kappa shape index (κ3) is 43.9. The number of hydrogen-bond acceptors (Lipinski definition) is 5. The zero-order valence-electron chi connectivity index (χ0n) is 37.9. The van der Waals surface area contributed by atoms with E-state index in [0.717, 1.165) is 29.6 Å². The highest BCUT2D eigenvalue weighted by molar-refractivity contribution is 4.71. The van der Waals surface area contributed by atoms with Gasteiger partial charge >= 0.3 is 0 Å². The van der Waals surface area contributed by atoms with E-state index >= 15 is 0 Å². The van der Waals surface area contributed by atoms with E-state index < -0.39 is 0 Å². The van der Waals surface area contributed by atoms with Gasteiger partial charge in [0.1, 0.15) is 0 Å². The van der Waals surface area contributed by atoms with Crippen molar-refractivity contribution in [2.24, 2.45) is 29.6 Å². The van der Waals surface area contributed by atoms with Crippen LogP contribution in [0.5, 0.6) is 0 Å². The zero-order chi connectivity index (χ0) is 38.5. The molecule has 5 aliphatic rings. The van der Waals surface area contributed by atoms with Gasteiger partial charge in [0.05, 0.1) is 0 Å². The maximum atomic E-state index is 2.43. The highest BCUT2D eigenvalue weighted by Gasteiger charge is 2.17. The predicted molar refractivity (Wildman–Crippen MR) is 234 cm³/mol. The van der Waals surface area contributed by atoms with Crippen LogP contribution in [0.3, 0.4) is 0 Å². The third-order valence-corrected chi connectivity index (χ3v) is 8.98. The summed E-state index contributed by atoms with van der Waals surface area (Å²) in [6.45, 7) is 44.7. The molecule has 5 aliphatic heterocycles. The van der Waals surface area contributed by atoms with Crippen LogP contribution in [0.1, 0.15) is 163 Å². The van der Waals surface area contributed by atoms with E-state index in [-0.39, 0.29) is 7.43 Å². The summed E-state index contributed by atoms with van der Waals surface area (Å²) in [6, 6.07) is 0. The molecule has 0 saturated carbocycles. The van der Waals surface area contributed by atoms with Crippen molar-refractivity contribution in [3.63, 3.8) is 0 Å². The Morgan fingerprint density at radius 1 is 0.286 bits per heavy atom. The molecule has 49 heavy (non-hydrogen) atoms. The first-order valence-corrected chi connectivity index (χ1v) is 21.4. The number of hydrogen-bond donors (Lipinski definition) is 0. The van der Waals surface area contributed by atoms with Crippen molar-refractivity contribution in [3.8, 4) is 0 Å². The van der Waals surface area contributed by atoms with Crippen molar-refractivity contribution in [1.29, 1.82) is 0 Å². The normalized spacial score (nSPS) is 24.4. The zero-order valence-corrected chi connectivity index (χ0v) is 37.9. The van der Waals surface area contributed by atoms with Gasteiger partial charge in [0, 0.05) is 26.2 Å². The number of piperidine rings is 2. The van der Waals surface area contributed by atoms with Crippen molar-refractivity contribution in [3.05, 3.63) is 0 Å². The van der Waals surface area contributed by atoms with Gasteiger partial charge in [0.15, 0.2) is 0 Å².